The lowest BCUT2D eigenvalue weighted by molar-refractivity contribution is -0.137. The first-order valence-corrected chi connectivity index (χ1v) is 6.41. The number of hydrogen-bond donors (Lipinski definition) is 2. The second-order valence-electron chi connectivity index (χ2n) is 5.06. The molecule has 96 valence electrons. The van der Waals surface area contributed by atoms with E-state index in [0.29, 0.717) is 13.0 Å². The maximum Gasteiger partial charge on any atom is 0.317 e. The monoisotopic (exact) mass is 240 g/mol. The van der Waals surface area contributed by atoms with Gasteiger partial charge in [-0.1, -0.05) is 0 Å². The molecule has 1 spiro atoms. The molecule has 2 fully saturated rings. The highest BCUT2D eigenvalue weighted by atomic mass is 16.4. The highest BCUT2D eigenvalue weighted by Crippen LogP contribution is 2.45. The van der Waals surface area contributed by atoms with E-state index in [1.807, 2.05) is 4.90 Å². The van der Waals surface area contributed by atoms with Crippen LogP contribution in [0.1, 0.15) is 44.9 Å². The van der Waals surface area contributed by atoms with E-state index < -0.39 is 5.97 Å². The fourth-order valence-corrected chi connectivity index (χ4v) is 2.89. The largest absolute Gasteiger partial charge is 0.481 e. The van der Waals surface area contributed by atoms with Crippen LogP contribution < -0.4 is 5.32 Å². The standard InChI is InChI=1S/C12H20N2O3/c15-10(16)4-1-8-13-11(17)14-9-3-7-12(14)5-2-6-12/h1-9H2,(H,13,17)(H,15,16). The first kappa shape index (κ1) is 12.2. The Balaban J connectivity index is 1.74. The first-order valence-electron chi connectivity index (χ1n) is 6.41. The van der Waals surface area contributed by atoms with Crippen molar-refractivity contribution in [3.63, 3.8) is 0 Å². The third-order valence-corrected chi connectivity index (χ3v) is 3.97. The lowest BCUT2D eigenvalue weighted by Crippen LogP contribution is -2.55. The molecule has 2 aliphatic rings. The van der Waals surface area contributed by atoms with Crippen LogP contribution in [0.25, 0.3) is 0 Å². The number of nitrogens with zero attached hydrogens (tertiary/aromatic N) is 1. The van der Waals surface area contributed by atoms with Gasteiger partial charge in [-0.25, -0.2) is 4.79 Å². The molecule has 5 heteroatoms. The van der Waals surface area contributed by atoms with Gasteiger partial charge in [0.15, 0.2) is 0 Å². The molecular formula is C12H20N2O3. The van der Waals surface area contributed by atoms with E-state index in [-0.39, 0.29) is 18.0 Å². The van der Waals surface area contributed by atoms with Crippen LogP contribution in [0.3, 0.4) is 0 Å². The fourth-order valence-electron chi connectivity index (χ4n) is 2.89. The highest BCUT2D eigenvalue weighted by molar-refractivity contribution is 5.75. The Labute approximate surface area is 101 Å². The summed E-state index contributed by atoms with van der Waals surface area (Å²) in [6, 6.07) is -0.00686. The van der Waals surface area contributed by atoms with Gasteiger partial charge in [0.1, 0.15) is 0 Å². The molecule has 0 aromatic rings. The summed E-state index contributed by atoms with van der Waals surface area (Å²) in [7, 11) is 0. The summed E-state index contributed by atoms with van der Waals surface area (Å²) >= 11 is 0. The van der Waals surface area contributed by atoms with Crippen LogP contribution in [0.4, 0.5) is 4.79 Å². The zero-order chi connectivity index (χ0) is 12.3. The van der Waals surface area contributed by atoms with Crippen molar-refractivity contribution in [1.29, 1.82) is 0 Å². The van der Waals surface area contributed by atoms with Crippen molar-refractivity contribution < 1.29 is 14.7 Å². The molecule has 0 aromatic heterocycles. The average Bonchev–Trinajstić information content (AvgIpc) is 2.67. The molecule has 1 aliphatic heterocycles. The van der Waals surface area contributed by atoms with Crippen LogP contribution in [0.2, 0.25) is 0 Å². The molecule has 1 saturated carbocycles. The van der Waals surface area contributed by atoms with Crippen molar-refractivity contribution >= 4 is 12.0 Å². The van der Waals surface area contributed by atoms with Gasteiger partial charge in [0, 0.05) is 25.0 Å². The minimum atomic E-state index is -0.809. The molecule has 2 N–H and O–H groups in total. The van der Waals surface area contributed by atoms with Gasteiger partial charge in [-0.3, -0.25) is 4.79 Å². The van der Waals surface area contributed by atoms with E-state index in [1.54, 1.807) is 0 Å². The molecule has 1 saturated heterocycles. The molecular weight excluding hydrogens is 220 g/mol. The quantitative estimate of drug-likeness (QED) is 0.733. The number of amides is 2. The summed E-state index contributed by atoms with van der Waals surface area (Å²) < 4.78 is 0. The SMILES string of the molecule is O=C(O)CCCNC(=O)N1CCCC12CCC2. The molecule has 1 aliphatic carbocycles. The number of carboxylic acid groups (broad SMARTS) is 1. The minimum absolute atomic E-state index is 0.00686. The Kier molecular flexibility index (Phi) is 3.54. The molecule has 17 heavy (non-hydrogen) atoms. The van der Waals surface area contributed by atoms with Gasteiger partial charge >= 0.3 is 12.0 Å². The van der Waals surface area contributed by atoms with E-state index in [2.05, 4.69) is 5.32 Å². The number of hydrogen-bond acceptors (Lipinski definition) is 2. The fraction of sp³-hybridized carbons (Fsp3) is 0.833. The molecule has 2 rings (SSSR count). The van der Waals surface area contributed by atoms with E-state index in [0.717, 1.165) is 32.2 Å². The number of carbonyl (C=O) groups is 2. The number of nitrogens with one attached hydrogen (secondary N) is 1. The van der Waals surface area contributed by atoms with Crippen molar-refractivity contribution in [3.8, 4) is 0 Å². The second-order valence-corrected chi connectivity index (χ2v) is 5.06. The third-order valence-electron chi connectivity index (χ3n) is 3.97. The average molecular weight is 240 g/mol. The Bertz CT molecular complexity index is 313. The number of carbonyl (C=O) groups excluding carboxylic acids is 1. The van der Waals surface area contributed by atoms with Gasteiger partial charge in [0.25, 0.3) is 0 Å². The van der Waals surface area contributed by atoms with Gasteiger partial charge < -0.3 is 15.3 Å². The minimum Gasteiger partial charge on any atom is -0.481 e. The molecule has 0 aromatic carbocycles. The maximum absolute atomic E-state index is 12.0. The lowest BCUT2D eigenvalue weighted by Gasteiger charge is -2.45. The predicted octanol–water partition coefficient (Wildman–Crippen LogP) is 1.58. The van der Waals surface area contributed by atoms with Gasteiger partial charge in [0.05, 0.1) is 0 Å². The van der Waals surface area contributed by atoms with E-state index in [4.69, 9.17) is 5.11 Å². The van der Waals surface area contributed by atoms with Crippen molar-refractivity contribution in [3.05, 3.63) is 0 Å². The predicted molar refractivity (Wildman–Crippen MR) is 62.8 cm³/mol. The zero-order valence-electron chi connectivity index (χ0n) is 10.1. The molecule has 0 atom stereocenters. The van der Waals surface area contributed by atoms with Crippen LogP contribution >= 0.6 is 0 Å². The van der Waals surface area contributed by atoms with E-state index in [1.165, 1.54) is 6.42 Å². The molecule has 5 nitrogen and oxygen atoms in total. The summed E-state index contributed by atoms with van der Waals surface area (Å²) in [5.74, 6) is -0.809. The number of urea groups is 1. The Hall–Kier alpha value is -1.26. The van der Waals surface area contributed by atoms with Crippen molar-refractivity contribution in [2.24, 2.45) is 0 Å². The molecule has 0 unspecified atom stereocenters. The Morgan fingerprint density at radius 3 is 2.53 bits per heavy atom. The summed E-state index contributed by atoms with van der Waals surface area (Å²) in [5.41, 5.74) is 0.150. The summed E-state index contributed by atoms with van der Waals surface area (Å²) in [5, 5.41) is 11.3. The van der Waals surface area contributed by atoms with Gasteiger partial charge in [-0.2, -0.15) is 0 Å². The lowest BCUT2D eigenvalue weighted by atomic mass is 9.75. The smallest absolute Gasteiger partial charge is 0.317 e. The molecule has 0 bridgehead atoms. The van der Waals surface area contributed by atoms with Crippen LogP contribution in [0.5, 0.6) is 0 Å². The van der Waals surface area contributed by atoms with Crippen LogP contribution in [-0.2, 0) is 4.79 Å². The van der Waals surface area contributed by atoms with Gasteiger partial charge in [-0.05, 0) is 38.5 Å². The van der Waals surface area contributed by atoms with Crippen LogP contribution in [-0.4, -0.2) is 40.6 Å². The first-order chi connectivity index (χ1) is 8.14. The maximum atomic E-state index is 12.0. The molecule has 1 heterocycles. The second kappa shape index (κ2) is 4.94. The Morgan fingerprint density at radius 2 is 1.94 bits per heavy atom. The molecule has 0 radical (unpaired) electrons. The topological polar surface area (TPSA) is 69.6 Å². The van der Waals surface area contributed by atoms with Crippen LogP contribution in [0.15, 0.2) is 0 Å². The zero-order valence-corrected chi connectivity index (χ0v) is 10.1. The number of aliphatic carboxylic acids is 1. The van der Waals surface area contributed by atoms with Crippen molar-refractivity contribution in [2.45, 2.75) is 50.5 Å². The summed E-state index contributed by atoms with van der Waals surface area (Å²) in [6.07, 6.45) is 6.35. The van der Waals surface area contributed by atoms with E-state index in [9.17, 15) is 9.59 Å². The number of carboxylic acids is 1. The summed E-state index contributed by atoms with van der Waals surface area (Å²) in [4.78, 5) is 24.3. The third kappa shape index (κ3) is 2.53. The molecule has 2 amide bonds. The van der Waals surface area contributed by atoms with Gasteiger partial charge in [-0.15, -0.1) is 0 Å². The van der Waals surface area contributed by atoms with Gasteiger partial charge in [0.2, 0.25) is 0 Å². The normalized spacial score (nSPS) is 21.3. The van der Waals surface area contributed by atoms with E-state index >= 15 is 0 Å². The number of rotatable bonds is 4. The summed E-state index contributed by atoms with van der Waals surface area (Å²) in [6.45, 7) is 1.31. The van der Waals surface area contributed by atoms with Crippen LogP contribution in [0, 0.1) is 0 Å². The van der Waals surface area contributed by atoms with Crippen molar-refractivity contribution in [1.82, 2.24) is 10.2 Å². The number of likely N-dealkylation sites (tertiary alicyclic amines) is 1. The van der Waals surface area contributed by atoms with Crippen molar-refractivity contribution in [2.75, 3.05) is 13.1 Å². The highest BCUT2D eigenvalue weighted by Gasteiger charge is 2.47. The Morgan fingerprint density at radius 1 is 1.24 bits per heavy atom.